The quantitative estimate of drug-likeness (QED) is 0.529. The summed E-state index contributed by atoms with van der Waals surface area (Å²) in [6, 6.07) is 13.9. The lowest BCUT2D eigenvalue weighted by Crippen LogP contribution is -2.51. The lowest BCUT2D eigenvalue weighted by atomic mass is 10.1. The van der Waals surface area contributed by atoms with E-state index in [-0.39, 0.29) is 10.8 Å². The van der Waals surface area contributed by atoms with Crippen molar-refractivity contribution >= 4 is 32.7 Å². The number of amides is 1. The molecule has 0 bridgehead atoms. The van der Waals surface area contributed by atoms with Gasteiger partial charge in [-0.2, -0.15) is 4.31 Å². The molecule has 9 nitrogen and oxygen atoms in total. The first-order chi connectivity index (χ1) is 16.5. The van der Waals surface area contributed by atoms with E-state index in [0.29, 0.717) is 56.2 Å². The number of carbonyl (C=O) groups excluding carboxylic acids is 1. The number of aromatic nitrogens is 2. The van der Waals surface area contributed by atoms with Crippen LogP contribution >= 0.6 is 0 Å². The largest absolute Gasteiger partial charge is 0.371 e. The molecule has 10 heteroatoms. The Bertz CT molecular complexity index is 1240. The highest BCUT2D eigenvalue weighted by Gasteiger charge is 2.31. The van der Waals surface area contributed by atoms with Crippen molar-refractivity contribution in [3.05, 3.63) is 54.9 Å². The summed E-state index contributed by atoms with van der Waals surface area (Å²) in [4.78, 5) is 24.3. The number of sulfonamides is 1. The molecule has 2 aromatic heterocycles. The zero-order valence-corrected chi connectivity index (χ0v) is 19.9. The number of para-hydroxylation sites is 1. The van der Waals surface area contributed by atoms with Crippen molar-refractivity contribution in [3.63, 3.8) is 0 Å². The number of pyridine rings is 1. The number of piperazine rings is 1. The van der Waals surface area contributed by atoms with E-state index in [1.165, 1.54) is 16.2 Å². The van der Waals surface area contributed by atoms with Crippen LogP contribution in [0.5, 0.6) is 0 Å². The van der Waals surface area contributed by atoms with Crippen molar-refractivity contribution in [2.24, 2.45) is 5.92 Å². The fourth-order valence-corrected chi connectivity index (χ4v) is 6.37. The predicted octanol–water partition coefficient (Wildman–Crippen LogP) is 1.51. The number of H-pyrrole nitrogens is 1. The Morgan fingerprint density at radius 3 is 2.65 bits per heavy atom. The second-order valence-corrected chi connectivity index (χ2v) is 10.9. The minimum absolute atomic E-state index is 0.00262. The Kier molecular flexibility index (Phi) is 6.53. The van der Waals surface area contributed by atoms with E-state index in [0.717, 1.165) is 19.5 Å². The van der Waals surface area contributed by atoms with Gasteiger partial charge in [0.15, 0.2) is 0 Å². The fourth-order valence-electron chi connectivity index (χ4n) is 4.80. The number of hydrogen-bond donors (Lipinski definition) is 2. The first-order valence-electron chi connectivity index (χ1n) is 11.7. The normalized spacial score (nSPS) is 20.1. The molecule has 3 aromatic rings. The first kappa shape index (κ1) is 22.8. The van der Waals surface area contributed by atoms with Gasteiger partial charge in [-0.1, -0.05) is 18.2 Å². The number of rotatable bonds is 7. The van der Waals surface area contributed by atoms with Crippen molar-refractivity contribution in [2.75, 3.05) is 57.3 Å². The Hall–Kier alpha value is -2.95. The maximum atomic E-state index is 13.1. The van der Waals surface area contributed by atoms with Crippen LogP contribution in [0.2, 0.25) is 0 Å². The van der Waals surface area contributed by atoms with Gasteiger partial charge in [0, 0.05) is 69.3 Å². The molecule has 5 rings (SSSR count). The molecule has 180 valence electrons. The second-order valence-electron chi connectivity index (χ2n) is 8.97. The van der Waals surface area contributed by atoms with Crippen molar-refractivity contribution in [3.8, 4) is 0 Å². The lowest BCUT2D eigenvalue weighted by molar-refractivity contribution is -0.122. The van der Waals surface area contributed by atoms with Crippen molar-refractivity contribution in [2.45, 2.75) is 11.3 Å². The van der Waals surface area contributed by atoms with Crippen LogP contribution in [0.3, 0.4) is 0 Å². The number of benzene rings is 1. The molecule has 1 amide bonds. The molecule has 0 spiro atoms. The van der Waals surface area contributed by atoms with Crippen LogP contribution < -0.4 is 10.2 Å². The van der Waals surface area contributed by atoms with Crippen LogP contribution in [0.1, 0.15) is 6.42 Å². The Balaban J connectivity index is 1.08. The molecule has 4 heterocycles. The number of carbonyl (C=O) groups is 1. The summed E-state index contributed by atoms with van der Waals surface area (Å²) in [6.45, 7) is 4.69. The molecular formula is C24H30N6O3S. The number of nitrogens with zero attached hydrogens (tertiary/aromatic N) is 4. The van der Waals surface area contributed by atoms with Gasteiger partial charge in [0.1, 0.15) is 10.5 Å². The highest BCUT2D eigenvalue weighted by Crippen LogP contribution is 2.25. The second kappa shape index (κ2) is 9.73. The Morgan fingerprint density at radius 2 is 1.85 bits per heavy atom. The number of anilines is 1. The molecule has 2 N–H and O–H groups in total. The number of aromatic amines is 1. The molecule has 2 aliphatic rings. The molecule has 2 aliphatic heterocycles. The first-order valence-corrected chi connectivity index (χ1v) is 13.2. The summed E-state index contributed by atoms with van der Waals surface area (Å²) < 4.78 is 27.8. The van der Waals surface area contributed by atoms with Crippen LogP contribution in [-0.2, 0) is 14.8 Å². The van der Waals surface area contributed by atoms with E-state index in [1.54, 1.807) is 18.3 Å². The Morgan fingerprint density at radius 1 is 1.06 bits per heavy atom. The summed E-state index contributed by atoms with van der Waals surface area (Å²) in [5, 5.41) is 3.68. The molecule has 2 fully saturated rings. The number of fused-ring (bicyclic) bond motifs is 1. The van der Waals surface area contributed by atoms with Crippen LogP contribution in [0.4, 0.5) is 5.69 Å². The van der Waals surface area contributed by atoms with E-state index >= 15 is 0 Å². The van der Waals surface area contributed by atoms with E-state index in [2.05, 4.69) is 32.3 Å². The molecule has 34 heavy (non-hydrogen) atoms. The predicted molar refractivity (Wildman–Crippen MR) is 131 cm³/mol. The average Bonchev–Trinajstić information content (AvgIpc) is 3.51. The third-order valence-electron chi connectivity index (χ3n) is 6.72. The molecule has 1 unspecified atom stereocenters. The average molecular weight is 483 g/mol. The minimum Gasteiger partial charge on any atom is -0.371 e. The van der Waals surface area contributed by atoms with E-state index < -0.39 is 10.0 Å². The molecule has 0 radical (unpaired) electrons. The van der Waals surface area contributed by atoms with Gasteiger partial charge in [-0.3, -0.25) is 9.69 Å². The van der Waals surface area contributed by atoms with Crippen molar-refractivity contribution < 1.29 is 13.2 Å². The smallest absolute Gasteiger partial charge is 0.245 e. The monoisotopic (exact) mass is 482 g/mol. The highest BCUT2D eigenvalue weighted by molar-refractivity contribution is 7.89. The van der Waals surface area contributed by atoms with Gasteiger partial charge in [0.25, 0.3) is 0 Å². The maximum Gasteiger partial charge on any atom is 0.245 e. The Labute approximate surface area is 199 Å². The van der Waals surface area contributed by atoms with Gasteiger partial charge in [0.2, 0.25) is 15.9 Å². The van der Waals surface area contributed by atoms with Gasteiger partial charge in [-0.05, 0) is 36.6 Å². The number of hydrogen-bond acceptors (Lipinski definition) is 6. The summed E-state index contributed by atoms with van der Waals surface area (Å²) in [5.74, 6) is 0.439. The van der Waals surface area contributed by atoms with Crippen LogP contribution in [0.15, 0.2) is 59.8 Å². The standard InChI is InChI=1S/C24H30N6O3S/c31-23(26-15-19-8-10-29(17-19)20-5-2-1-3-6-20)18-28-11-13-30(14-12-28)34(32,33)22-16-27-24-21(22)7-4-9-25-24/h1-7,9,16,19H,8,10-15,17-18H2,(H,25,27)(H,26,31). The van der Waals surface area contributed by atoms with Gasteiger partial charge in [-0.25, -0.2) is 13.4 Å². The topological polar surface area (TPSA) is 102 Å². The SMILES string of the molecule is O=C(CN1CCN(S(=O)(=O)c2c[nH]c3ncccc23)CC1)NCC1CCN(c2ccccc2)C1. The summed E-state index contributed by atoms with van der Waals surface area (Å²) >= 11 is 0. The summed E-state index contributed by atoms with van der Waals surface area (Å²) in [7, 11) is -3.62. The van der Waals surface area contributed by atoms with Crippen LogP contribution in [-0.4, -0.2) is 85.9 Å². The summed E-state index contributed by atoms with van der Waals surface area (Å²) in [6.07, 6.45) is 4.20. The lowest BCUT2D eigenvalue weighted by Gasteiger charge is -2.33. The molecule has 2 saturated heterocycles. The van der Waals surface area contributed by atoms with Gasteiger partial charge < -0.3 is 15.2 Å². The molecule has 1 aromatic carbocycles. The van der Waals surface area contributed by atoms with E-state index in [9.17, 15) is 13.2 Å². The third-order valence-corrected chi connectivity index (χ3v) is 8.66. The molecule has 0 saturated carbocycles. The fraction of sp³-hybridized carbons (Fsp3) is 0.417. The van der Waals surface area contributed by atoms with Crippen LogP contribution in [0, 0.1) is 5.92 Å². The van der Waals surface area contributed by atoms with Gasteiger partial charge in [-0.15, -0.1) is 0 Å². The minimum atomic E-state index is -3.62. The van der Waals surface area contributed by atoms with Gasteiger partial charge in [0.05, 0.1) is 6.54 Å². The zero-order chi connectivity index (χ0) is 23.5. The van der Waals surface area contributed by atoms with Crippen molar-refractivity contribution in [1.29, 1.82) is 0 Å². The van der Waals surface area contributed by atoms with Crippen LogP contribution in [0.25, 0.3) is 11.0 Å². The molecular weight excluding hydrogens is 452 g/mol. The van der Waals surface area contributed by atoms with Gasteiger partial charge >= 0.3 is 0 Å². The van der Waals surface area contributed by atoms with E-state index in [1.807, 2.05) is 23.1 Å². The number of nitrogens with one attached hydrogen (secondary N) is 2. The maximum absolute atomic E-state index is 13.1. The zero-order valence-electron chi connectivity index (χ0n) is 19.1. The highest BCUT2D eigenvalue weighted by atomic mass is 32.2. The molecule has 0 aliphatic carbocycles. The van der Waals surface area contributed by atoms with Crippen molar-refractivity contribution in [1.82, 2.24) is 24.5 Å². The third kappa shape index (κ3) is 4.79. The van der Waals surface area contributed by atoms with E-state index in [4.69, 9.17) is 0 Å². The molecule has 1 atom stereocenters. The summed E-state index contributed by atoms with van der Waals surface area (Å²) in [5.41, 5.74) is 1.79.